The van der Waals surface area contributed by atoms with Crippen LogP contribution < -0.4 is 0 Å². The molecule has 0 saturated carbocycles. The van der Waals surface area contributed by atoms with Gasteiger partial charge in [0.25, 0.3) is 0 Å². The maximum atomic E-state index is 2.43. The molecule has 1 aromatic rings. The Morgan fingerprint density at radius 2 is 1.30 bits per heavy atom. The Hall–Kier alpha value is -1.04. The molecule has 0 aliphatic heterocycles. The van der Waals surface area contributed by atoms with E-state index in [1.165, 1.54) is 69.8 Å². The average Bonchev–Trinajstić information content (AvgIpc) is 2.49. The van der Waals surface area contributed by atoms with Crippen LogP contribution in [0, 0.1) is 0 Å². The summed E-state index contributed by atoms with van der Waals surface area (Å²) in [5.74, 6) is 0. The predicted octanol–water partition coefficient (Wildman–Crippen LogP) is 7.01. The van der Waals surface area contributed by atoms with Crippen LogP contribution in [-0.2, 0) is 0 Å². The summed E-state index contributed by atoms with van der Waals surface area (Å²) in [6.45, 7) is 4.57. The van der Waals surface area contributed by atoms with Crippen LogP contribution in [-0.4, -0.2) is 0 Å². The normalized spacial score (nSPS) is 10.5. The molecular weight excluding hydrogens is 240 g/mol. The van der Waals surface area contributed by atoms with E-state index in [1.807, 2.05) is 0 Å². The van der Waals surface area contributed by atoms with Gasteiger partial charge < -0.3 is 0 Å². The van der Waals surface area contributed by atoms with Gasteiger partial charge in [0.05, 0.1) is 0 Å². The lowest BCUT2D eigenvalue weighted by Gasteiger charge is -2.08. The molecule has 1 rings (SSSR count). The number of hydrogen-bond donors (Lipinski definition) is 0. The Balaban J connectivity index is 2.47. The molecule has 0 aromatic heterocycles. The van der Waals surface area contributed by atoms with Crippen LogP contribution in [0.3, 0.4) is 0 Å². The molecule has 0 heteroatoms. The van der Waals surface area contributed by atoms with E-state index in [1.54, 1.807) is 5.57 Å². The molecule has 0 unspecified atom stereocenters. The summed E-state index contributed by atoms with van der Waals surface area (Å²) in [4.78, 5) is 0. The minimum atomic E-state index is 1.29. The quantitative estimate of drug-likeness (QED) is 0.380. The monoisotopic (exact) mass is 272 g/mol. The van der Waals surface area contributed by atoms with E-state index in [9.17, 15) is 0 Å². The van der Waals surface area contributed by atoms with Gasteiger partial charge in [-0.2, -0.15) is 0 Å². The van der Waals surface area contributed by atoms with Crippen molar-refractivity contribution in [2.75, 3.05) is 0 Å². The van der Waals surface area contributed by atoms with Crippen LogP contribution in [0.5, 0.6) is 0 Å². The fourth-order valence-corrected chi connectivity index (χ4v) is 2.61. The fraction of sp³-hybridized carbons (Fsp3) is 0.600. The van der Waals surface area contributed by atoms with E-state index in [0.717, 1.165) is 0 Å². The summed E-state index contributed by atoms with van der Waals surface area (Å²) in [6, 6.07) is 10.8. The lowest BCUT2D eigenvalue weighted by atomic mass is 9.98. The molecule has 20 heavy (non-hydrogen) atoms. The molecule has 0 radical (unpaired) electrons. The van der Waals surface area contributed by atoms with Crippen molar-refractivity contribution >= 4 is 6.08 Å². The second kappa shape index (κ2) is 11.8. The highest BCUT2D eigenvalue weighted by atomic mass is 14.1. The first-order valence-corrected chi connectivity index (χ1v) is 8.61. The van der Waals surface area contributed by atoms with Crippen LogP contribution in [0.4, 0.5) is 0 Å². The second-order valence-electron chi connectivity index (χ2n) is 5.83. The van der Waals surface area contributed by atoms with Gasteiger partial charge in [-0.05, 0) is 31.2 Å². The number of unbranched alkanes of at least 4 members (excludes halogenated alkanes) is 6. The molecule has 0 N–H and O–H groups in total. The Labute approximate surface area is 126 Å². The highest BCUT2D eigenvalue weighted by molar-refractivity contribution is 5.52. The third kappa shape index (κ3) is 8.19. The lowest BCUT2D eigenvalue weighted by Crippen LogP contribution is -1.88. The zero-order valence-corrected chi connectivity index (χ0v) is 13.5. The molecular formula is C20H32. The SMILES string of the molecule is CCCCCCC(=Cc1ccccc1)CCCCCC. The minimum absolute atomic E-state index is 1.29. The topological polar surface area (TPSA) is 0 Å². The number of benzene rings is 1. The summed E-state index contributed by atoms with van der Waals surface area (Å²) < 4.78 is 0. The van der Waals surface area contributed by atoms with Crippen LogP contribution in [0.2, 0.25) is 0 Å². The summed E-state index contributed by atoms with van der Waals surface area (Å²) >= 11 is 0. The molecule has 0 amide bonds. The van der Waals surface area contributed by atoms with Crippen molar-refractivity contribution < 1.29 is 0 Å². The van der Waals surface area contributed by atoms with Crippen LogP contribution in [0.25, 0.3) is 6.08 Å². The number of allylic oxidation sites excluding steroid dienone is 1. The Bertz CT molecular complexity index is 334. The van der Waals surface area contributed by atoms with Crippen LogP contribution >= 0.6 is 0 Å². The lowest BCUT2D eigenvalue weighted by molar-refractivity contribution is 0.627. The molecule has 0 nitrogen and oxygen atoms in total. The van der Waals surface area contributed by atoms with Gasteiger partial charge in [0, 0.05) is 0 Å². The van der Waals surface area contributed by atoms with Gasteiger partial charge in [0.15, 0.2) is 0 Å². The van der Waals surface area contributed by atoms with Crippen molar-refractivity contribution in [3.05, 3.63) is 41.5 Å². The molecule has 0 aliphatic carbocycles. The van der Waals surface area contributed by atoms with Crippen molar-refractivity contribution in [2.24, 2.45) is 0 Å². The highest BCUT2D eigenvalue weighted by Gasteiger charge is 1.99. The molecule has 0 bridgehead atoms. The third-order valence-corrected chi connectivity index (χ3v) is 3.87. The molecule has 0 fully saturated rings. The summed E-state index contributed by atoms with van der Waals surface area (Å²) in [6.07, 6.45) is 15.9. The zero-order valence-electron chi connectivity index (χ0n) is 13.5. The zero-order chi connectivity index (χ0) is 14.5. The molecule has 0 saturated heterocycles. The van der Waals surface area contributed by atoms with Crippen molar-refractivity contribution in [2.45, 2.75) is 78.1 Å². The van der Waals surface area contributed by atoms with E-state index in [0.29, 0.717) is 0 Å². The Morgan fingerprint density at radius 3 is 1.80 bits per heavy atom. The average molecular weight is 272 g/mol. The maximum Gasteiger partial charge on any atom is -0.0257 e. The van der Waals surface area contributed by atoms with Crippen molar-refractivity contribution in [1.29, 1.82) is 0 Å². The van der Waals surface area contributed by atoms with Gasteiger partial charge in [0.2, 0.25) is 0 Å². The smallest absolute Gasteiger partial charge is 0.0257 e. The number of hydrogen-bond acceptors (Lipinski definition) is 0. The molecule has 0 spiro atoms. The second-order valence-corrected chi connectivity index (χ2v) is 5.83. The molecule has 112 valence electrons. The van der Waals surface area contributed by atoms with Gasteiger partial charge in [-0.15, -0.1) is 0 Å². The molecule has 1 aromatic carbocycles. The van der Waals surface area contributed by atoms with E-state index in [-0.39, 0.29) is 0 Å². The van der Waals surface area contributed by atoms with Gasteiger partial charge in [-0.1, -0.05) is 94.4 Å². The standard InChI is InChI=1S/C20H32/c1-3-5-7-10-14-19(15-11-8-6-4-2)18-20-16-12-9-13-17-20/h9,12-13,16-18H,3-8,10-11,14-15H2,1-2H3. The van der Waals surface area contributed by atoms with Crippen molar-refractivity contribution in [1.82, 2.24) is 0 Å². The van der Waals surface area contributed by atoms with Gasteiger partial charge in [0.1, 0.15) is 0 Å². The first kappa shape index (κ1) is 17.0. The largest absolute Gasteiger partial charge is 0.0696 e. The minimum Gasteiger partial charge on any atom is -0.0696 e. The third-order valence-electron chi connectivity index (χ3n) is 3.87. The van der Waals surface area contributed by atoms with Crippen molar-refractivity contribution in [3.63, 3.8) is 0 Å². The summed E-state index contributed by atoms with van der Waals surface area (Å²) in [7, 11) is 0. The Morgan fingerprint density at radius 1 is 0.750 bits per heavy atom. The summed E-state index contributed by atoms with van der Waals surface area (Å²) in [5, 5.41) is 0. The van der Waals surface area contributed by atoms with E-state index < -0.39 is 0 Å². The van der Waals surface area contributed by atoms with E-state index in [4.69, 9.17) is 0 Å². The molecule has 0 aliphatic rings. The van der Waals surface area contributed by atoms with Gasteiger partial charge in [-0.25, -0.2) is 0 Å². The first-order valence-electron chi connectivity index (χ1n) is 8.61. The predicted molar refractivity (Wildman–Crippen MR) is 91.9 cm³/mol. The fourth-order valence-electron chi connectivity index (χ4n) is 2.61. The Kier molecular flexibility index (Phi) is 10.0. The maximum absolute atomic E-state index is 2.43. The first-order chi connectivity index (χ1) is 9.86. The molecule has 0 atom stereocenters. The van der Waals surface area contributed by atoms with Crippen LogP contribution in [0.1, 0.15) is 83.6 Å². The van der Waals surface area contributed by atoms with Gasteiger partial charge in [-0.3, -0.25) is 0 Å². The van der Waals surface area contributed by atoms with E-state index in [2.05, 4.69) is 50.3 Å². The molecule has 0 heterocycles. The van der Waals surface area contributed by atoms with Gasteiger partial charge >= 0.3 is 0 Å². The van der Waals surface area contributed by atoms with Crippen LogP contribution in [0.15, 0.2) is 35.9 Å². The number of rotatable bonds is 11. The van der Waals surface area contributed by atoms with Crippen molar-refractivity contribution in [3.8, 4) is 0 Å². The highest BCUT2D eigenvalue weighted by Crippen LogP contribution is 2.20. The van der Waals surface area contributed by atoms with E-state index >= 15 is 0 Å². The summed E-state index contributed by atoms with van der Waals surface area (Å²) in [5.41, 5.74) is 3.02.